The van der Waals surface area contributed by atoms with Gasteiger partial charge >= 0.3 is 0 Å². The van der Waals surface area contributed by atoms with Gasteiger partial charge in [-0.15, -0.1) is 0 Å². The standard InChI is InChI=1S/C16H26N2.C2H6/c1-5-15-7-6-8-16(11-15)14(3)18-10-9-17(4)12-13(18)2;1-2/h6-8,11,13-14H,5,9-10,12H2,1-4H3;1-2H3/t13-,14?;/m1./s1. The van der Waals surface area contributed by atoms with Gasteiger partial charge in [-0.3, -0.25) is 4.90 Å². The highest BCUT2D eigenvalue weighted by molar-refractivity contribution is 5.26. The van der Waals surface area contributed by atoms with Crippen LogP contribution in [0.3, 0.4) is 0 Å². The molecule has 2 heteroatoms. The Kier molecular flexibility index (Phi) is 7.25. The molecular weight excluding hydrogens is 244 g/mol. The Labute approximate surface area is 125 Å². The number of hydrogen-bond acceptors (Lipinski definition) is 2. The van der Waals surface area contributed by atoms with Crippen LogP contribution in [0.4, 0.5) is 0 Å². The third kappa shape index (κ3) is 4.32. The van der Waals surface area contributed by atoms with E-state index in [1.807, 2.05) is 13.8 Å². The summed E-state index contributed by atoms with van der Waals surface area (Å²) in [5.41, 5.74) is 2.91. The molecule has 0 saturated carbocycles. The minimum absolute atomic E-state index is 0.528. The van der Waals surface area contributed by atoms with Crippen molar-refractivity contribution in [3.05, 3.63) is 35.4 Å². The van der Waals surface area contributed by atoms with E-state index >= 15 is 0 Å². The molecule has 0 radical (unpaired) electrons. The van der Waals surface area contributed by atoms with Gasteiger partial charge in [0.15, 0.2) is 0 Å². The second-order valence-electron chi connectivity index (χ2n) is 5.62. The molecule has 2 atom stereocenters. The summed E-state index contributed by atoms with van der Waals surface area (Å²) in [6.45, 7) is 14.4. The maximum Gasteiger partial charge on any atom is 0.0323 e. The quantitative estimate of drug-likeness (QED) is 0.824. The molecule has 0 spiro atoms. The van der Waals surface area contributed by atoms with Gasteiger partial charge in [0, 0.05) is 31.7 Å². The number of benzene rings is 1. The van der Waals surface area contributed by atoms with Crippen LogP contribution in [0.25, 0.3) is 0 Å². The molecule has 114 valence electrons. The van der Waals surface area contributed by atoms with E-state index < -0.39 is 0 Å². The number of piperazine rings is 1. The first-order chi connectivity index (χ1) is 9.61. The Morgan fingerprint density at radius 1 is 1.25 bits per heavy atom. The SMILES string of the molecule is CC.CCc1cccc(C(C)N2CCN(C)C[C@H]2C)c1. The highest BCUT2D eigenvalue weighted by Gasteiger charge is 2.26. The number of rotatable bonds is 3. The first kappa shape index (κ1) is 17.2. The van der Waals surface area contributed by atoms with Gasteiger partial charge in [0.25, 0.3) is 0 Å². The van der Waals surface area contributed by atoms with E-state index in [2.05, 4.69) is 61.9 Å². The first-order valence-corrected chi connectivity index (χ1v) is 8.15. The van der Waals surface area contributed by atoms with Gasteiger partial charge in [-0.05, 0) is 38.4 Å². The predicted octanol–water partition coefficient (Wildman–Crippen LogP) is 3.97. The van der Waals surface area contributed by atoms with E-state index in [-0.39, 0.29) is 0 Å². The minimum Gasteiger partial charge on any atom is -0.304 e. The molecule has 0 aromatic heterocycles. The van der Waals surface area contributed by atoms with Gasteiger partial charge in [0.2, 0.25) is 0 Å². The van der Waals surface area contributed by atoms with E-state index in [4.69, 9.17) is 0 Å². The lowest BCUT2D eigenvalue weighted by molar-refractivity contribution is 0.0673. The zero-order valence-corrected chi connectivity index (χ0v) is 14.2. The number of likely N-dealkylation sites (N-methyl/N-ethyl adjacent to an activating group) is 1. The van der Waals surface area contributed by atoms with Crippen molar-refractivity contribution in [1.29, 1.82) is 0 Å². The molecule has 1 heterocycles. The van der Waals surface area contributed by atoms with Gasteiger partial charge in [0.05, 0.1) is 0 Å². The van der Waals surface area contributed by atoms with Gasteiger partial charge in [-0.1, -0.05) is 45.0 Å². The van der Waals surface area contributed by atoms with Crippen LogP contribution in [0.2, 0.25) is 0 Å². The van der Waals surface area contributed by atoms with Crippen LogP contribution in [-0.2, 0) is 6.42 Å². The van der Waals surface area contributed by atoms with Crippen LogP contribution in [-0.4, -0.2) is 42.5 Å². The maximum absolute atomic E-state index is 2.63. The Morgan fingerprint density at radius 3 is 2.55 bits per heavy atom. The van der Waals surface area contributed by atoms with E-state index in [1.165, 1.54) is 30.8 Å². The molecule has 1 aliphatic rings. The summed E-state index contributed by atoms with van der Waals surface area (Å²) in [5, 5.41) is 0. The molecule has 20 heavy (non-hydrogen) atoms. The van der Waals surface area contributed by atoms with E-state index in [0.29, 0.717) is 12.1 Å². The van der Waals surface area contributed by atoms with E-state index in [9.17, 15) is 0 Å². The summed E-state index contributed by atoms with van der Waals surface area (Å²) in [4.78, 5) is 5.06. The average Bonchev–Trinajstić information content (AvgIpc) is 2.49. The molecule has 0 amide bonds. The molecular formula is C18H32N2. The van der Waals surface area contributed by atoms with Gasteiger partial charge in [-0.2, -0.15) is 0 Å². The molecule has 0 aliphatic carbocycles. The van der Waals surface area contributed by atoms with Gasteiger partial charge in [-0.25, -0.2) is 0 Å². The summed E-state index contributed by atoms with van der Waals surface area (Å²) < 4.78 is 0. The topological polar surface area (TPSA) is 6.48 Å². The number of nitrogens with zero attached hydrogens (tertiary/aromatic N) is 2. The molecule has 1 unspecified atom stereocenters. The van der Waals surface area contributed by atoms with Crippen molar-refractivity contribution in [2.45, 2.75) is 53.1 Å². The summed E-state index contributed by atoms with van der Waals surface area (Å²) in [7, 11) is 2.22. The molecule has 0 bridgehead atoms. The lowest BCUT2D eigenvalue weighted by atomic mass is 10.0. The molecule has 1 aromatic carbocycles. The predicted molar refractivity (Wildman–Crippen MR) is 89.2 cm³/mol. The van der Waals surface area contributed by atoms with Crippen LogP contribution in [0.1, 0.15) is 51.8 Å². The zero-order chi connectivity index (χ0) is 15.1. The fourth-order valence-corrected chi connectivity index (χ4v) is 2.99. The molecule has 2 rings (SSSR count). The van der Waals surface area contributed by atoms with Crippen LogP contribution in [0.15, 0.2) is 24.3 Å². The normalized spacial score (nSPS) is 22.0. The van der Waals surface area contributed by atoms with Crippen molar-refractivity contribution < 1.29 is 0 Å². The van der Waals surface area contributed by atoms with Crippen molar-refractivity contribution in [2.75, 3.05) is 26.7 Å². The first-order valence-electron chi connectivity index (χ1n) is 8.15. The summed E-state index contributed by atoms with van der Waals surface area (Å²) in [6.07, 6.45) is 1.12. The molecule has 1 saturated heterocycles. The van der Waals surface area contributed by atoms with Crippen LogP contribution >= 0.6 is 0 Å². The zero-order valence-electron chi connectivity index (χ0n) is 14.2. The monoisotopic (exact) mass is 276 g/mol. The van der Waals surface area contributed by atoms with E-state index in [1.54, 1.807) is 0 Å². The maximum atomic E-state index is 2.63. The summed E-state index contributed by atoms with van der Waals surface area (Å²) >= 11 is 0. The molecule has 1 fully saturated rings. The van der Waals surface area contributed by atoms with Crippen molar-refractivity contribution in [1.82, 2.24) is 9.80 Å². The molecule has 1 aromatic rings. The lowest BCUT2D eigenvalue weighted by Gasteiger charge is -2.42. The van der Waals surface area contributed by atoms with Crippen molar-refractivity contribution >= 4 is 0 Å². The number of aryl methyl sites for hydroxylation is 1. The fraction of sp³-hybridized carbons (Fsp3) is 0.667. The Balaban J connectivity index is 0.000000956. The largest absolute Gasteiger partial charge is 0.304 e. The van der Waals surface area contributed by atoms with Crippen molar-refractivity contribution in [2.24, 2.45) is 0 Å². The number of hydrogen-bond donors (Lipinski definition) is 0. The molecule has 2 nitrogen and oxygen atoms in total. The third-order valence-corrected chi connectivity index (χ3v) is 4.22. The minimum atomic E-state index is 0.528. The molecule has 1 aliphatic heterocycles. The smallest absolute Gasteiger partial charge is 0.0323 e. The highest BCUT2D eigenvalue weighted by atomic mass is 15.3. The van der Waals surface area contributed by atoms with Crippen LogP contribution in [0, 0.1) is 0 Å². The van der Waals surface area contributed by atoms with Gasteiger partial charge in [0.1, 0.15) is 0 Å². The van der Waals surface area contributed by atoms with E-state index in [0.717, 1.165) is 6.42 Å². The second-order valence-corrected chi connectivity index (χ2v) is 5.62. The summed E-state index contributed by atoms with van der Waals surface area (Å²) in [6, 6.07) is 10.2. The van der Waals surface area contributed by atoms with Crippen molar-refractivity contribution in [3.63, 3.8) is 0 Å². The second kappa shape index (κ2) is 8.43. The average molecular weight is 276 g/mol. The lowest BCUT2D eigenvalue weighted by Crippen LogP contribution is -2.51. The van der Waals surface area contributed by atoms with Crippen LogP contribution < -0.4 is 0 Å². The van der Waals surface area contributed by atoms with Crippen molar-refractivity contribution in [3.8, 4) is 0 Å². The molecule has 0 N–H and O–H groups in total. The third-order valence-electron chi connectivity index (χ3n) is 4.22. The van der Waals surface area contributed by atoms with Gasteiger partial charge < -0.3 is 4.90 Å². The summed E-state index contributed by atoms with van der Waals surface area (Å²) in [5.74, 6) is 0. The fourth-order valence-electron chi connectivity index (χ4n) is 2.99. The Hall–Kier alpha value is -0.860. The van der Waals surface area contributed by atoms with Crippen LogP contribution in [0.5, 0.6) is 0 Å². The highest BCUT2D eigenvalue weighted by Crippen LogP contribution is 2.25. The Bertz CT molecular complexity index is 389. The Morgan fingerprint density at radius 2 is 1.95 bits per heavy atom.